The van der Waals surface area contributed by atoms with Crippen LogP contribution >= 0.6 is 24.0 Å². The van der Waals surface area contributed by atoms with E-state index in [0.29, 0.717) is 0 Å². The highest BCUT2D eigenvalue weighted by Gasteiger charge is 2.20. The van der Waals surface area contributed by atoms with Crippen LogP contribution in [0.15, 0.2) is 4.99 Å². The second-order valence-electron chi connectivity index (χ2n) is 5.75. The molecule has 0 bridgehead atoms. The van der Waals surface area contributed by atoms with Crippen molar-refractivity contribution in [3.05, 3.63) is 0 Å². The minimum Gasteiger partial charge on any atom is -0.381 e. The van der Waals surface area contributed by atoms with Gasteiger partial charge in [-0.2, -0.15) is 0 Å². The number of aliphatic imine (C=N–C) groups is 1. The van der Waals surface area contributed by atoms with Crippen LogP contribution < -0.4 is 10.6 Å². The van der Waals surface area contributed by atoms with Gasteiger partial charge in [0, 0.05) is 32.3 Å². The zero-order chi connectivity index (χ0) is 12.7. The zero-order valence-electron chi connectivity index (χ0n) is 12.1. The standard InChI is InChI=1S/C13H27N3O.HI/c1-13(2,3)16-12(14-4)15-8-5-9-17-10-11-6-7-11;/h11H,5-10H2,1-4H3,(H2,14,15,16);1H. The maximum absolute atomic E-state index is 5.57. The molecule has 1 aliphatic rings. The molecule has 0 saturated heterocycles. The molecule has 0 heterocycles. The van der Waals surface area contributed by atoms with Crippen molar-refractivity contribution in [2.45, 2.75) is 45.6 Å². The number of ether oxygens (including phenoxy) is 1. The van der Waals surface area contributed by atoms with Crippen LogP contribution in [0, 0.1) is 5.92 Å². The molecule has 0 aromatic carbocycles. The summed E-state index contributed by atoms with van der Waals surface area (Å²) < 4.78 is 5.57. The van der Waals surface area contributed by atoms with Crippen LogP contribution in [0.3, 0.4) is 0 Å². The molecule has 0 aromatic rings. The van der Waals surface area contributed by atoms with E-state index in [1.165, 1.54) is 12.8 Å². The van der Waals surface area contributed by atoms with E-state index < -0.39 is 0 Å². The first-order valence-electron chi connectivity index (χ1n) is 6.58. The predicted octanol–water partition coefficient (Wildman–Crippen LogP) is 2.38. The van der Waals surface area contributed by atoms with Crippen LogP contribution in [0.2, 0.25) is 0 Å². The van der Waals surface area contributed by atoms with Crippen molar-refractivity contribution in [3.8, 4) is 0 Å². The number of rotatable bonds is 6. The third kappa shape index (κ3) is 9.94. The first-order valence-corrected chi connectivity index (χ1v) is 6.58. The second-order valence-corrected chi connectivity index (χ2v) is 5.75. The van der Waals surface area contributed by atoms with Gasteiger partial charge in [-0.25, -0.2) is 0 Å². The molecule has 2 N–H and O–H groups in total. The fraction of sp³-hybridized carbons (Fsp3) is 0.923. The summed E-state index contributed by atoms with van der Waals surface area (Å²) in [5, 5.41) is 6.61. The molecule has 0 spiro atoms. The largest absolute Gasteiger partial charge is 0.381 e. The van der Waals surface area contributed by atoms with Crippen LogP contribution in [0.5, 0.6) is 0 Å². The van der Waals surface area contributed by atoms with Gasteiger partial charge in [-0.05, 0) is 46.0 Å². The fourth-order valence-corrected chi connectivity index (χ4v) is 1.45. The van der Waals surface area contributed by atoms with Crippen molar-refractivity contribution < 1.29 is 4.74 Å². The summed E-state index contributed by atoms with van der Waals surface area (Å²) in [7, 11) is 1.80. The Morgan fingerprint density at radius 1 is 1.33 bits per heavy atom. The molecule has 108 valence electrons. The van der Waals surface area contributed by atoms with Gasteiger partial charge in [-0.3, -0.25) is 4.99 Å². The van der Waals surface area contributed by atoms with Crippen molar-refractivity contribution in [1.29, 1.82) is 0 Å². The summed E-state index contributed by atoms with van der Waals surface area (Å²) in [6.45, 7) is 9.07. The van der Waals surface area contributed by atoms with Gasteiger partial charge in [0.15, 0.2) is 5.96 Å². The number of guanidine groups is 1. The molecule has 0 radical (unpaired) electrons. The van der Waals surface area contributed by atoms with Crippen molar-refractivity contribution >= 4 is 29.9 Å². The van der Waals surface area contributed by atoms with Crippen LogP contribution in [0.25, 0.3) is 0 Å². The van der Waals surface area contributed by atoms with Gasteiger partial charge in [0.2, 0.25) is 0 Å². The molecule has 1 rings (SSSR count). The van der Waals surface area contributed by atoms with Gasteiger partial charge in [0.05, 0.1) is 0 Å². The average molecular weight is 369 g/mol. The lowest BCUT2D eigenvalue weighted by Gasteiger charge is -2.23. The highest BCUT2D eigenvalue weighted by atomic mass is 127. The number of nitrogens with one attached hydrogen (secondary N) is 2. The first-order chi connectivity index (χ1) is 8.01. The molecule has 0 aliphatic heterocycles. The fourth-order valence-electron chi connectivity index (χ4n) is 1.45. The van der Waals surface area contributed by atoms with Crippen molar-refractivity contribution in [1.82, 2.24) is 10.6 Å². The lowest BCUT2D eigenvalue weighted by atomic mass is 10.1. The van der Waals surface area contributed by atoms with E-state index >= 15 is 0 Å². The van der Waals surface area contributed by atoms with Crippen molar-refractivity contribution in [2.75, 3.05) is 26.8 Å². The minimum atomic E-state index is 0. The molecule has 0 amide bonds. The van der Waals surface area contributed by atoms with Gasteiger partial charge in [-0.1, -0.05) is 0 Å². The quantitative estimate of drug-likeness (QED) is 0.327. The van der Waals surface area contributed by atoms with Gasteiger partial charge >= 0.3 is 0 Å². The molecule has 1 fully saturated rings. The molecule has 1 aliphatic carbocycles. The maximum atomic E-state index is 5.57. The lowest BCUT2D eigenvalue weighted by Crippen LogP contribution is -2.47. The molecule has 18 heavy (non-hydrogen) atoms. The van der Waals surface area contributed by atoms with E-state index in [9.17, 15) is 0 Å². The van der Waals surface area contributed by atoms with E-state index in [1.54, 1.807) is 7.05 Å². The van der Waals surface area contributed by atoms with Gasteiger partial charge in [-0.15, -0.1) is 24.0 Å². The first kappa shape index (κ1) is 18.0. The van der Waals surface area contributed by atoms with Crippen LogP contribution in [0.1, 0.15) is 40.0 Å². The van der Waals surface area contributed by atoms with Gasteiger partial charge < -0.3 is 15.4 Å². The summed E-state index contributed by atoms with van der Waals surface area (Å²) in [6.07, 6.45) is 3.75. The molecular formula is C13H28IN3O. The van der Waals surface area contributed by atoms with E-state index in [-0.39, 0.29) is 29.5 Å². The van der Waals surface area contributed by atoms with Crippen LogP contribution in [-0.2, 0) is 4.74 Å². The third-order valence-corrected chi connectivity index (χ3v) is 2.53. The molecule has 0 aromatic heterocycles. The number of hydrogen-bond acceptors (Lipinski definition) is 2. The lowest BCUT2D eigenvalue weighted by molar-refractivity contribution is 0.123. The zero-order valence-corrected chi connectivity index (χ0v) is 14.4. The Hall–Kier alpha value is -0.0400. The predicted molar refractivity (Wildman–Crippen MR) is 87.8 cm³/mol. The molecule has 4 nitrogen and oxygen atoms in total. The molecule has 0 atom stereocenters. The van der Waals surface area contributed by atoms with Crippen molar-refractivity contribution in [2.24, 2.45) is 10.9 Å². The van der Waals surface area contributed by atoms with Gasteiger partial charge in [0.1, 0.15) is 0 Å². The third-order valence-electron chi connectivity index (χ3n) is 2.53. The Kier molecular flexibility index (Phi) is 8.94. The minimum absolute atomic E-state index is 0. The molecule has 5 heteroatoms. The van der Waals surface area contributed by atoms with E-state index in [4.69, 9.17) is 4.74 Å². The number of hydrogen-bond donors (Lipinski definition) is 2. The monoisotopic (exact) mass is 369 g/mol. The van der Waals surface area contributed by atoms with E-state index in [1.807, 2.05) is 0 Å². The Bertz CT molecular complexity index is 247. The van der Waals surface area contributed by atoms with Crippen LogP contribution in [0.4, 0.5) is 0 Å². The summed E-state index contributed by atoms with van der Waals surface area (Å²) in [5.74, 6) is 1.72. The summed E-state index contributed by atoms with van der Waals surface area (Å²) in [5.41, 5.74) is 0.0459. The van der Waals surface area contributed by atoms with E-state index in [0.717, 1.165) is 38.1 Å². The SMILES string of the molecule is CN=C(NCCCOCC1CC1)NC(C)(C)C.I. The summed E-state index contributed by atoms with van der Waals surface area (Å²) >= 11 is 0. The van der Waals surface area contributed by atoms with Crippen molar-refractivity contribution in [3.63, 3.8) is 0 Å². The second kappa shape index (κ2) is 8.96. The Morgan fingerprint density at radius 2 is 2.00 bits per heavy atom. The Morgan fingerprint density at radius 3 is 2.50 bits per heavy atom. The molecule has 0 unspecified atom stereocenters. The topological polar surface area (TPSA) is 45.7 Å². The van der Waals surface area contributed by atoms with E-state index in [2.05, 4.69) is 36.4 Å². The normalized spacial score (nSPS) is 16.1. The molecular weight excluding hydrogens is 341 g/mol. The highest BCUT2D eigenvalue weighted by molar-refractivity contribution is 14.0. The smallest absolute Gasteiger partial charge is 0.191 e. The highest BCUT2D eigenvalue weighted by Crippen LogP contribution is 2.28. The van der Waals surface area contributed by atoms with Crippen LogP contribution in [-0.4, -0.2) is 38.3 Å². The number of halogens is 1. The number of nitrogens with zero attached hydrogens (tertiary/aromatic N) is 1. The average Bonchev–Trinajstić information content (AvgIpc) is 3.03. The van der Waals surface area contributed by atoms with Gasteiger partial charge in [0.25, 0.3) is 0 Å². The molecule has 1 saturated carbocycles. The Labute approximate surface area is 128 Å². The maximum Gasteiger partial charge on any atom is 0.191 e. The summed E-state index contributed by atoms with van der Waals surface area (Å²) in [6, 6.07) is 0. The summed E-state index contributed by atoms with van der Waals surface area (Å²) in [4.78, 5) is 4.18. The Balaban J connectivity index is 0.00000289.